The van der Waals surface area contributed by atoms with Crippen molar-refractivity contribution in [3.63, 3.8) is 0 Å². The van der Waals surface area contributed by atoms with Crippen LogP contribution in [0.15, 0.2) is 54.6 Å². The molecule has 6 nitrogen and oxygen atoms in total. The molecular weight excluding hydrogens is 364 g/mol. The highest BCUT2D eigenvalue weighted by atomic mass is 16.7. The van der Waals surface area contributed by atoms with Gasteiger partial charge in [-0.25, -0.2) is 0 Å². The van der Waals surface area contributed by atoms with E-state index in [0.717, 1.165) is 5.56 Å². The molecular formula is C23H18N4O2. The van der Waals surface area contributed by atoms with Crippen LogP contribution in [0.5, 0.6) is 0 Å². The standard InChI is InChI=1S/C23H18N4O2/c1-15-8-10-17(11-9-15)19-22(12-24,13-25)23(14-26)18(16-6-4-3-5-7-16)21(2,28-19)29-20(23)27/h3-11,18-19,27H,1-2H3. The van der Waals surface area contributed by atoms with Crippen LogP contribution in [-0.4, -0.2) is 11.7 Å². The van der Waals surface area contributed by atoms with E-state index in [2.05, 4.69) is 18.2 Å². The minimum atomic E-state index is -1.97. The molecule has 0 aromatic heterocycles. The fourth-order valence-corrected chi connectivity index (χ4v) is 4.67. The number of fused-ring (bicyclic) bond motifs is 2. The van der Waals surface area contributed by atoms with Crippen LogP contribution in [0.2, 0.25) is 0 Å². The highest BCUT2D eigenvalue weighted by Gasteiger charge is 2.79. The quantitative estimate of drug-likeness (QED) is 0.839. The van der Waals surface area contributed by atoms with E-state index in [-0.39, 0.29) is 0 Å². The van der Waals surface area contributed by atoms with E-state index in [9.17, 15) is 15.8 Å². The van der Waals surface area contributed by atoms with Crippen molar-refractivity contribution in [3.05, 3.63) is 71.3 Å². The van der Waals surface area contributed by atoms with Gasteiger partial charge in [-0.1, -0.05) is 60.2 Å². The molecule has 2 bridgehead atoms. The van der Waals surface area contributed by atoms with Crippen molar-refractivity contribution in [1.29, 1.82) is 21.2 Å². The lowest BCUT2D eigenvalue weighted by atomic mass is 9.52. The summed E-state index contributed by atoms with van der Waals surface area (Å²) in [6, 6.07) is 22.6. The summed E-state index contributed by atoms with van der Waals surface area (Å²) >= 11 is 0. The van der Waals surface area contributed by atoms with Crippen molar-refractivity contribution in [2.24, 2.45) is 10.8 Å². The summed E-state index contributed by atoms with van der Waals surface area (Å²) in [6.45, 7) is 3.59. The van der Waals surface area contributed by atoms with Gasteiger partial charge in [0.05, 0.1) is 24.1 Å². The third kappa shape index (κ3) is 2.20. The lowest BCUT2D eigenvalue weighted by Crippen LogP contribution is -2.57. The molecule has 29 heavy (non-hydrogen) atoms. The van der Waals surface area contributed by atoms with Gasteiger partial charge in [0.2, 0.25) is 17.1 Å². The van der Waals surface area contributed by atoms with E-state index in [0.29, 0.717) is 11.1 Å². The Balaban J connectivity index is 2.03. The molecule has 6 heteroatoms. The van der Waals surface area contributed by atoms with Gasteiger partial charge in [0.25, 0.3) is 0 Å². The first-order valence-electron chi connectivity index (χ1n) is 9.19. The van der Waals surface area contributed by atoms with Gasteiger partial charge in [0, 0.05) is 6.92 Å². The summed E-state index contributed by atoms with van der Waals surface area (Å²) < 4.78 is 12.1. The fraction of sp³-hybridized carbons (Fsp3) is 0.304. The van der Waals surface area contributed by atoms with Gasteiger partial charge in [0.15, 0.2) is 5.41 Å². The summed E-state index contributed by atoms with van der Waals surface area (Å²) in [5.41, 5.74) is -1.50. The van der Waals surface area contributed by atoms with Crippen LogP contribution in [0.4, 0.5) is 0 Å². The fourth-order valence-electron chi connectivity index (χ4n) is 4.67. The van der Waals surface area contributed by atoms with Gasteiger partial charge in [-0.3, -0.25) is 5.41 Å². The molecule has 2 aliphatic rings. The first-order chi connectivity index (χ1) is 13.9. The lowest BCUT2D eigenvalue weighted by Gasteiger charge is -2.48. The molecule has 4 atom stereocenters. The number of benzene rings is 2. The number of ether oxygens (including phenoxy) is 2. The maximum Gasteiger partial charge on any atom is 0.218 e. The largest absolute Gasteiger partial charge is 0.447 e. The zero-order valence-electron chi connectivity index (χ0n) is 16.0. The Hall–Kier alpha value is -3.66. The highest BCUT2D eigenvalue weighted by molar-refractivity contribution is 5.90. The number of nitrogens with zero attached hydrogens (tertiary/aromatic N) is 3. The number of nitrogens with one attached hydrogen (secondary N) is 1. The molecule has 0 radical (unpaired) electrons. The van der Waals surface area contributed by atoms with E-state index < -0.39 is 34.5 Å². The lowest BCUT2D eigenvalue weighted by molar-refractivity contribution is -0.253. The van der Waals surface area contributed by atoms with E-state index in [4.69, 9.17) is 14.9 Å². The Morgan fingerprint density at radius 1 is 0.897 bits per heavy atom. The van der Waals surface area contributed by atoms with Gasteiger partial charge in [0.1, 0.15) is 6.10 Å². The second-order valence-electron chi connectivity index (χ2n) is 7.65. The monoisotopic (exact) mass is 382 g/mol. The number of hydrogen-bond donors (Lipinski definition) is 1. The van der Waals surface area contributed by atoms with Crippen molar-refractivity contribution in [2.45, 2.75) is 31.7 Å². The molecule has 1 N–H and O–H groups in total. The van der Waals surface area contributed by atoms with Crippen LogP contribution in [0.3, 0.4) is 0 Å². The van der Waals surface area contributed by atoms with Gasteiger partial charge in [-0.05, 0) is 18.1 Å². The zero-order valence-corrected chi connectivity index (χ0v) is 16.0. The third-order valence-corrected chi connectivity index (χ3v) is 6.03. The van der Waals surface area contributed by atoms with Gasteiger partial charge >= 0.3 is 0 Å². The van der Waals surface area contributed by atoms with Crippen LogP contribution in [0.25, 0.3) is 0 Å². The molecule has 0 saturated carbocycles. The molecule has 4 unspecified atom stereocenters. The summed E-state index contributed by atoms with van der Waals surface area (Å²) in [7, 11) is 0. The molecule has 0 amide bonds. The molecule has 142 valence electrons. The Kier molecular flexibility index (Phi) is 3.98. The average Bonchev–Trinajstić information content (AvgIpc) is 2.92. The Morgan fingerprint density at radius 2 is 1.52 bits per heavy atom. The van der Waals surface area contributed by atoms with Crippen molar-refractivity contribution >= 4 is 5.90 Å². The number of hydrogen-bond acceptors (Lipinski definition) is 6. The number of nitriles is 3. The summed E-state index contributed by atoms with van der Waals surface area (Å²) in [4.78, 5) is 0. The average molecular weight is 382 g/mol. The second kappa shape index (κ2) is 6.17. The van der Waals surface area contributed by atoms with Crippen LogP contribution in [0.1, 0.15) is 35.6 Å². The Bertz CT molecular complexity index is 1090. The van der Waals surface area contributed by atoms with E-state index in [1.807, 2.05) is 25.1 Å². The predicted molar refractivity (Wildman–Crippen MR) is 103 cm³/mol. The van der Waals surface area contributed by atoms with Crippen LogP contribution >= 0.6 is 0 Å². The number of aryl methyl sites for hydroxylation is 1. The SMILES string of the molecule is Cc1ccc(C2OC3(C)OC(=N)C(C#N)(C3c3ccccc3)C2(C#N)C#N)cc1. The van der Waals surface area contributed by atoms with E-state index >= 15 is 0 Å². The van der Waals surface area contributed by atoms with E-state index in [1.54, 1.807) is 43.3 Å². The van der Waals surface area contributed by atoms with Gasteiger partial charge < -0.3 is 9.47 Å². The molecule has 2 aromatic rings. The molecule has 2 saturated heterocycles. The van der Waals surface area contributed by atoms with Gasteiger partial charge in [-0.15, -0.1) is 0 Å². The highest BCUT2D eigenvalue weighted by Crippen LogP contribution is 2.69. The Labute approximate surface area is 169 Å². The van der Waals surface area contributed by atoms with Crippen molar-refractivity contribution in [3.8, 4) is 18.2 Å². The van der Waals surface area contributed by atoms with Crippen LogP contribution < -0.4 is 0 Å². The topological polar surface area (TPSA) is 114 Å². The minimum Gasteiger partial charge on any atom is -0.447 e. The summed E-state index contributed by atoms with van der Waals surface area (Å²) in [6.07, 6.45) is -1.05. The predicted octanol–water partition coefficient (Wildman–Crippen LogP) is 4.12. The molecule has 0 aliphatic carbocycles. The second-order valence-corrected chi connectivity index (χ2v) is 7.65. The molecule has 2 heterocycles. The Morgan fingerprint density at radius 3 is 2.07 bits per heavy atom. The zero-order chi connectivity index (χ0) is 20.9. The first kappa shape index (κ1) is 18.7. The normalized spacial score (nSPS) is 31.8. The third-order valence-electron chi connectivity index (χ3n) is 6.03. The summed E-state index contributed by atoms with van der Waals surface area (Å²) in [5, 5.41) is 39.4. The minimum absolute atomic E-state index is 0.408. The molecule has 2 fully saturated rings. The molecule has 4 rings (SSSR count). The van der Waals surface area contributed by atoms with E-state index in [1.165, 1.54) is 0 Å². The van der Waals surface area contributed by atoms with Gasteiger partial charge in [-0.2, -0.15) is 15.8 Å². The molecule has 2 aliphatic heterocycles. The number of rotatable bonds is 2. The maximum absolute atomic E-state index is 10.4. The van der Waals surface area contributed by atoms with Crippen LogP contribution in [0, 0.1) is 57.2 Å². The smallest absolute Gasteiger partial charge is 0.218 e. The maximum atomic E-state index is 10.4. The molecule has 2 aromatic carbocycles. The first-order valence-corrected chi connectivity index (χ1v) is 9.19. The van der Waals surface area contributed by atoms with Crippen LogP contribution in [-0.2, 0) is 9.47 Å². The summed E-state index contributed by atoms with van der Waals surface area (Å²) in [5.74, 6) is -2.59. The molecule has 0 spiro atoms. The van der Waals surface area contributed by atoms with Crippen molar-refractivity contribution < 1.29 is 9.47 Å². The van der Waals surface area contributed by atoms with Crippen molar-refractivity contribution in [1.82, 2.24) is 0 Å². The van der Waals surface area contributed by atoms with Crippen molar-refractivity contribution in [2.75, 3.05) is 0 Å².